The van der Waals surface area contributed by atoms with Crippen molar-refractivity contribution in [3.05, 3.63) is 23.3 Å². The van der Waals surface area contributed by atoms with Crippen molar-refractivity contribution in [2.45, 2.75) is 96.5 Å². The molecule has 0 unspecified atom stereocenters. The Hall–Kier alpha value is -1.71. The van der Waals surface area contributed by atoms with Gasteiger partial charge in [-0.3, -0.25) is 4.79 Å². The van der Waals surface area contributed by atoms with E-state index in [9.17, 15) is 9.90 Å². The van der Waals surface area contributed by atoms with Gasteiger partial charge in [0.2, 0.25) is 0 Å². The molecule has 1 saturated heterocycles. The van der Waals surface area contributed by atoms with Crippen LogP contribution >= 0.6 is 0 Å². The summed E-state index contributed by atoms with van der Waals surface area (Å²) in [5.74, 6) is 0.992. The SMILES string of the molecule is CCCCCCC(C)(C)c1cc(O)c2c(c1)OC(C)(C)[C@@H]1CCC(=O)OC[C@@H]21. The standard InChI is InChI=1S/C24H36O4/c1-6-7-8-9-12-23(2,3)16-13-19(25)22-17-15-27-21(26)11-10-18(17)24(4,5)28-20(22)14-16/h13-14,17-18,25H,6-12,15H2,1-5H3/t17-,18-/m1/s1. The van der Waals surface area contributed by atoms with E-state index in [1.807, 2.05) is 6.07 Å². The second-order valence-electron chi connectivity index (χ2n) is 9.74. The van der Waals surface area contributed by atoms with Crippen LogP contribution in [-0.4, -0.2) is 23.3 Å². The average molecular weight is 389 g/mol. The van der Waals surface area contributed by atoms with E-state index in [4.69, 9.17) is 9.47 Å². The summed E-state index contributed by atoms with van der Waals surface area (Å²) in [5, 5.41) is 11.0. The highest BCUT2D eigenvalue weighted by Gasteiger charge is 2.47. The first-order chi connectivity index (χ1) is 13.2. The summed E-state index contributed by atoms with van der Waals surface area (Å²) in [6, 6.07) is 4.02. The minimum Gasteiger partial charge on any atom is -0.508 e. The molecule has 28 heavy (non-hydrogen) atoms. The van der Waals surface area contributed by atoms with Crippen molar-refractivity contribution in [3.8, 4) is 11.5 Å². The second-order valence-corrected chi connectivity index (χ2v) is 9.74. The Morgan fingerprint density at radius 3 is 2.68 bits per heavy atom. The molecule has 2 aliphatic heterocycles. The first kappa shape index (κ1) is 21.0. The Kier molecular flexibility index (Phi) is 5.97. The van der Waals surface area contributed by atoms with Gasteiger partial charge in [-0.1, -0.05) is 46.5 Å². The largest absolute Gasteiger partial charge is 0.508 e. The number of phenolic OH excluding ortho intramolecular Hbond substituents is 1. The number of carbonyl (C=O) groups excluding carboxylic acids is 1. The topological polar surface area (TPSA) is 55.8 Å². The average Bonchev–Trinajstić information content (AvgIpc) is 2.80. The molecule has 0 amide bonds. The first-order valence-corrected chi connectivity index (χ1v) is 10.9. The molecule has 1 aromatic carbocycles. The maximum atomic E-state index is 11.8. The summed E-state index contributed by atoms with van der Waals surface area (Å²) < 4.78 is 11.9. The van der Waals surface area contributed by atoms with E-state index in [0.29, 0.717) is 13.0 Å². The van der Waals surface area contributed by atoms with E-state index in [0.717, 1.165) is 29.7 Å². The van der Waals surface area contributed by atoms with Gasteiger partial charge >= 0.3 is 5.97 Å². The van der Waals surface area contributed by atoms with Crippen LogP contribution in [0.5, 0.6) is 11.5 Å². The number of aromatic hydroxyl groups is 1. The van der Waals surface area contributed by atoms with Gasteiger partial charge in [-0.25, -0.2) is 0 Å². The molecule has 2 atom stereocenters. The second kappa shape index (κ2) is 7.96. The third-order valence-corrected chi connectivity index (χ3v) is 6.76. The molecule has 0 aliphatic carbocycles. The van der Waals surface area contributed by atoms with Crippen molar-refractivity contribution in [1.82, 2.24) is 0 Å². The number of phenols is 1. The number of esters is 1. The predicted octanol–water partition coefficient (Wildman–Crippen LogP) is 5.85. The van der Waals surface area contributed by atoms with Crippen LogP contribution in [0.1, 0.15) is 96.6 Å². The molecule has 4 heteroatoms. The number of rotatable bonds is 6. The molecule has 4 nitrogen and oxygen atoms in total. The lowest BCUT2D eigenvalue weighted by Gasteiger charge is -2.44. The van der Waals surface area contributed by atoms with Gasteiger partial charge in [-0.15, -0.1) is 0 Å². The third kappa shape index (κ3) is 4.16. The summed E-state index contributed by atoms with van der Waals surface area (Å²) in [6.07, 6.45) is 7.15. The number of carbonyl (C=O) groups is 1. The fraction of sp³-hybridized carbons (Fsp3) is 0.708. The minimum absolute atomic E-state index is 0.0214. The van der Waals surface area contributed by atoms with Crippen LogP contribution in [-0.2, 0) is 14.9 Å². The van der Waals surface area contributed by atoms with Gasteiger partial charge in [-0.05, 0) is 49.8 Å². The predicted molar refractivity (Wildman–Crippen MR) is 111 cm³/mol. The number of ether oxygens (including phenoxy) is 2. The maximum Gasteiger partial charge on any atom is 0.305 e. The van der Waals surface area contributed by atoms with E-state index in [1.54, 1.807) is 0 Å². The quantitative estimate of drug-likeness (QED) is 0.491. The molecule has 0 radical (unpaired) electrons. The van der Waals surface area contributed by atoms with Crippen molar-refractivity contribution < 1.29 is 19.4 Å². The van der Waals surface area contributed by atoms with Gasteiger partial charge < -0.3 is 14.6 Å². The number of unbranched alkanes of at least 4 members (excludes halogenated alkanes) is 3. The number of hydrogen-bond acceptors (Lipinski definition) is 4. The number of fused-ring (bicyclic) bond motifs is 3. The fourth-order valence-electron chi connectivity index (χ4n) is 4.92. The monoisotopic (exact) mass is 388 g/mol. The van der Waals surface area contributed by atoms with Gasteiger partial charge in [0.15, 0.2) is 0 Å². The Balaban J connectivity index is 1.93. The molecule has 1 N–H and O–H groups in total. The van der Waals surface area contributed by atoms with Gasteiger partial charge in [-0.2, -0.15) is 0 Å². The number of benzene rings is 1. The van der Waals surface area contributed by atoms with E-state index in [-0.39, 0.29) is 29.0 Å². The lowest BCUT2D eigenvalue weighted by atomic mass is 9.71. The molecular formula is C24H36O4. The van der Waals surface area contributed by atoms with E-state index in [1.165, 1.54) is 25.7 Å². The zero-order chi connectivity index (χ0) is 20.5. The molecule has 3 rings (SSSR count). The number of hydrogen-bond donors (Lipinski definition) is 1. The van der Waals surface area contributed by atoms with Crippen LogP contribution in [0.2, 0.25) is 0 Å². The van der Waals surface area contributed by atoms with Crippen LogP contribution in [0.3, 0.4) is 0 Å². The van der Waals surface area contributed by atoms with E-state index < -0.39 is 5.60 Å². The highest BCUT2D eigenvalue weighted by molar-refractivity contribution is 5.70. The molecule has 1 aromatic rings. The highest BCUT2D eigenvalue weighted by atomic mass is 16.5. The maximum absolute atomic E-state index is 11.8. The normalized spacial score (nSPS) is 23.8. The Morgan fingerprint density at radius 1 is 1.21 bits per heavy atom. The Bertz CT molecular complexity index is 720. The molecule has 2 heterocycles. The summed E-state index contributed by atoms with van der Waals surface area (Å²) in [4.78, 5) is 11.8. The summed E-state index contributed by atoms with van der Waals surface area (Å²) in [7, 11) is 0. The lowest BCUT2D eigenvalue weighted by molar-refractivity contribution is -0.143. The van der Waals surface area contributed by atoms with Crippen LogP contribution < -0.4 is 4.74 Å². The minimum atomic E-state index is -0.401. The Labute approximate surface area is 169 Å². The molecule has 0 saturated carbocycles. The van der Waals surface area contributed by atoms with Crippen molar-refractivity contribution in [3.63, 3.8) is 0 Å². The summed E-state index contributed by atoms with van der Waals surface area (Å²) >= 11 is 0. The van der Waals surface area contributed by atoms with Crippen molar-refractivity contribution in [2.24, 2.45) is 5.92 Å². The fourth-order valence-corrected chi connectivity index (χ4v) is 4.92. The molecule has 1 fully saturated rings. The summed E-state index contributed by atoms with van der Waals surface area (Å²) in [6.45, 7) is 11.2. The molecule has 2 aliphatic rings. The third-order valence-electron chi connectivity index (χ3n) is 6.76. The van der Waals surface area contributed by atoms with Gasteiger partial charge in [0, 0.05) is 23.8 Å². The zero-order valence-corrected chi connectivity index (χ0v) is 18.1. The Morgan fingerprint density at radius 2 is 1.96 bits per heavy atom. The molecule has 0 spiro atoms. The molecule has 0 aromatic heterocycles. The lowest BCUT2D eigenvalue weighted by Crippen LogP contribution is -2.45. The van der Waals surface area contributed by atoms with Gasteiger partial charge in [0.1, 0.15) is 17.1 Å². The van der Waals surface area contributed by atoms with Gasteiger partial charge in [0.05, 0.1) is 6.61 Å². The van der Waals surface area contributed by atoms with E-state index >= 15 is 0 Å². The van der Waals surface area contributed by atoms with Crippen LogP contribution in [0.25, 0.3) is 0 Å². The van der Waals surface area contributed by atoms with Crippen molar-refractivity contribution in [2.75, 3.05) is 6.61 Å². The molecule has 0 bridgehead atoms. The number of cyclic esters (lactones) is 1. The zero-order valence-electron chi connectivity index (χ0n) is 18.1. The van der Waals surface area contributed by atoms with Crippen LogP contribution in [0, 0.1) is 5.92 Å². The van der Waals surface area contributed by atoms with Crippen molar-refractivity contribution in [1.29, 1.82) is 0 Å². The summed E-state index contributed by atoms with van der Waals surface area (Å²) in [5.41, 5.74) is 1.49. The van der Waals surface area contributed by atoms with Crippen molar-refractivity contribution >= 4 is 5.97 Å². The molecular weight excluding hydrogens is 352 g/mol. The van der Waals surface area contributed by atoms with Crippen LogP contribution in [0.4, 0.5) is 0 Å². The first-order valence-electron chi connectivity index (χ1n) is 10.9. The van der Waals surface area contributed by atoms with E-state index in [2.05, 4.69) is 40.7 Å². The smallest absolute Gasteiger partial charge is 0.305 e. The highest BCUT2D eigenvalue weighted by Crippen LogP contribution is 2.52. The van der Waals surface area contributed by atoms with Crippen LogP contribution in [0.15, 0.2) is 12.1 Å². The molecule has 156 valence electrons. The van der Waals surface area contributed by atoms with Gasteiger partial charge in [0.25, 0.3) is 0 Å².